The number of aryl methyl sites for hydroxylation is 1. The maximum atomic E-state index is 15.0. The zero-order valence-electron chi connectivity index (χ0n) is 21.0. The summed E-state index contributed by atoms with van der Waals surface area (Å²) in [6.07, 6.45) is -0.132. The molecule has 3 aromatic heterocycles. The molecule has 12 heteroatoms. The first-order valence-corrected chi connectivity index (χ1v) is 12.1. The van der Waals surface area contributed by atoms with E-state index in [2.05, 4.69) is 27.3 Å². The number of benzene rings is 1. The minimum atomic E-state index is -2.60. The van der Waals surface area contributed by atoms with Crippen LogP contribution in [0.2, 0.25) is 0 Å². The van der Waals surface area contributed by atoms with Crippen LogP contribution >= 0.6 is 0 Å². The number of likely N-dealkylation sites (tertiary alicyclic amines) is 1. The van der Waals surface area contributed by atoms with Crippen LogP contribution in [0.25, 0.3) is 27.7 Å². The van der Waals surface area contributed by atoms with E-state index in [9.17, 15) is 13.6 Å². The van der Waals surface area contributed by atoms with Crippen molar-refractivity contribution in [1.29, 1.82) is 0 Å². The third kappa shape index (κ3) is 4.56. The Labute approximate surface area is 211 Å². The van der Waals surface area contributed by atoms with E-state index in [0.717, 1.165) is 6.42 Å². The minimum absolute atomic E-state index is 0.0463. The monoisotopic (exact) mass is 515 g/mol. The number of nitrogens with one attached hydrogen (secondary N) is 1. The number of nitrogens with zero attached hydrogens (tertiary/aromatic N) is 6. The molecule has 37 heavy (non-hydrogen) atoms. The Morgan fingerprint density at radius 2 is 2.08 bits per heavy atom. The quantitative estimate of drug-likeness (QED) is 0.415. The number of ether oxygens (including phenoxy) is 1. The molecule has 5 rings (SSSR count). The Morgan fingerprint density at radius 3 is 2.76 bits per heavy atom. The van der Waals surface area contributed by atoms with Crippen molar-refractivity contribution in [2.24, 2.45) is 5.92 Å². The molecular formula is C25H28F3N7O2. The van der Waals surface area contributed by atoms with Crippen LogP contribution in [0.3, 0.4) is 0 Å². The summed E-state index contributed by atoms with van der Waals surface area (Å²) >= 11 is 0. The van der Waals surface area contributed by atoms with Crippen LogP contribution in [-0.4, -0.2) is 67.6 Å². The van der Waals surface area contributed by atoms with Gasteiger partial charge in [0.15, 0.2) is 5.82 Å². The molecular weight excluding hydrogens is 487 g/mol. The second-order valence-electron chi connectivity index (χ2n) is 9.44. The van der Waals surface area contributed by atoms with Gasteiger partial charge in [0, 0.05) is 37.8 Å². The van der Waals surface area contributed by atoms with Crippen LogP contribution in [0, 0.1) is 18.7 Å². The fourth-order valence-corrected chi connectivity index (χ4v) is 5.06. The second-order valence-corrected chi connectivity index (χ2v) is 9.44. The van der Waals surface area contributed by atoms with Gasteiger partial charge in [-0.25, -0.2) is 22.7 Å². The van der Waals surface area contributed by atoms with Gasteiger partial charge >= 0.3 is 0 Å². The Morgan fingerprint density at radius 1 is 1.30 bits per heavy atom. The van der Waals surface area contributed by atoms with E-state index in [1.54, 1.807) is 36.7 Å². The minimum Gasteiger partial charge on any atom is -0.479 e. The number of carbonyl (C=O) groups is 1. The van der Waals surface area contributed by atoms with Crippen molar-refractivity contribution < 1.29 is 22.7 Å². The summed E-state index contributed by atoms with van der Waals surface area (Å²) < 4.78 is 49.9. The highest BCUT2D eigenvalue weighted by Crippen LogP contribution is 2.35. The van der Waals surface area contributed by atoms with Crippen molar-refractivity contribution in [3.63, 3.8) is 0 Å². The topological polar surface area (TPSA) is 89.6 Å². The third-order valence-electron chi connectivity index (χ3n) is 6.97. The van der Waals surface area contributed by atoms with E-state index >= 15 is 4.39 Å². The van der Waals surface area contributed by atoms with Gasteiger partial charge in [-0.05, 0) is 43.0 Å². The van der Waals surface area contributed by atoms with Crippen LogP contribution in [0.1, 0.15) is 26.1 Å². The Kier molecular flexibility index (Phi) is 6.42. The predicted molar refractivity (Wildman–Crippen MR) is 132 cm³/mol. The molecule has 0 aliphatic carbocycles. The van der Waals surface area contributed by atoms with Gasteiger partial charge in [-0.2, -0.15) is 4.98 Å². The first-order chi connectivity index (χ1) is 17.7. The van der Waals surface area contributed by atoms with Crippen molar-refractivity contribution in [3.8, 4) is 17.0 Å². The van der Waals surface area contributed by atoms with Crippen molar-refractivity contribution in [2.45, 2.75) is 46.2 Å². The molecule has 1 N–H and O–H groups in total. The number of fused-ring (bicyclic) bond motifs is 2. The maximum absolute atomic E-state index is 15.0. The molecule has 1 saturated heterocycles. The molecule has 1 aliphatic heterocycles. The molecule has 0 saturated carbocycles. The van der Waals surface area contributed by atoms with Gasteiger partial charge in [-0.1, -0.05) is 6.92 Å². The summed E-state index contributed by atoms with van der Waals surface area (Å²) in [5, 5.41) is 7.95. The Bertz CT molecular complexity index is 1480. The fourth-order valence-electron chi connectivity index (χ4n) is 5.06. The molecule has 4 heterocycles. The molecule has 0 unspecified atom stereocenters. The van der Waals surface area contributed by atoms with Gasteiger partial charge < -0.3 is 19.5 Å². The average Bonchev–Trinajstić information content (AvgIpc) is 3.41. The van der Waals surface area contributed by atoms with Crippen LogP contribution in [-0.2, 0) is 11.3 Å². The number of anilines is 1. The van der Waals surface area contributed by atoms with Crippen molar-refractivity contribution >= 4 is 28.4 Å². The molecule has 1 amide bonds. The van der Waals surface area contributed by atoms with Crippen LogP contribution in [0.4, 0.5) is 19.1 Å². The van der Waals surface area contributed by atoms with Gasteiger partial charge in [0.25, 0.3) is 6.43 Å². The molecule has 1 fully saturated rings. The first kappa shape index (κ1) is 24.8. The molecule has 196 valence electrons. The standard InChI is InChI=1S/C25H28F3N7O2/c1-13-11-33(15(3)36)7-6-19(13)30-25-31-24(37-4)23-17(5-8-35(23)32-25)16-9-18(26)22-20(10-16)34(12-21(27)28)14(2)29-22/h5,8-10,13,19,21H,6-7,11-12H2,1-4H3,(H,30,32)/t13-,19+/m1/s1. The van der Waals surface area contributed by atoms with E-state index in [4.69, 9.17) is 4.74 Å². The number of amides is 1. The van der Waals surface area contributed by atoms with Crippen LogP contribution in [0.5, 0.6) is 5.88 Å². The number of imidazole rings is 1. The zero-order valence-corrected chi connectivity index (χ0v) is 21.0. The summed E-state index contributed by atoms with van der Waals surface area (Å²) in [6.45, 7) is 5.94. The third-order valence-corrected chi connectivity index (χ3v) is 6.97. The number of carbonyl (C=O) groups excluding carboxylic acids is 1. The zero-order chi connectivity index (χ0) is 26.4. The van der Waals surface area contributed by atoms with E-state index in [-0.39, 0.29) is 34.8 Å². The van der Waals surface area contributed by atoms with E-state index < -0.39 is 18.8 Å². The van der Waals surface area contributed by atoms with Gasteiger partial charge in [0.2, 0.25) is 17.7 Å². The molecule has 4 aromatic rings. The fraction of sp³-hybridized carbons (Fsp3) is 0.440. The highest BCUT2D eigenvalue weighted by atomic mass is 19.3. The normalized spacial score (nSPS) is 18.2. The average molecular weight is 516 g/mol. The summed E-state index contributed by atoms with van der Waals surface area (Å²) in [4.78, 5) is 22.2. The number of halogens is 3. The number of rotatable bonds is 6. The van der Waals surface area contributed by atoms with Gasteiger partial charge in [0.05, 0.1) is 19.2 Å². The van der Waals surface area contributed by atoms with Crippen LogP contribution < -0.4 is 10.1 Å². The Hall–Kier alpha value is -3.83. The number of alkyl halides is 2. The molecule has 1 aliphatic rings. The molecule has 0 radical (unpaired) electrons. The summed E-state index contributed by atoms with van der Waals surface area (Å²) in [6, 6.07) is 4.80. The number of methoxy groups -OCH3 is 1. The molecule has 2 atom stereocenters. The summed E-state index contributed by atoms with van der Waals surface area (Å²) in [7, 11) is 1.49. The lowest BCUT2D eigenvalue weighted by Gasteiger charge is -2.36. The molecule has 0 bridgehead atoms. The number of hydrogen-bond acceptors (Lipinski definition) is 6. The maximum Gasteiger partial charge on any atom is 0.256 e. The van der Waals surface area contributed by atoms with Gasteiger partial charge in [-0.3, -0.25) is 4.79 Å². The number of hydrogen-bond donors (Lipinski definition) is 1. The summed E-state index contributed by atoms with van der Waals surface area (Å²) in [5.41, 5.74) is 1.91. The van der Waals surface area contributed by atoms with E-state index in [1.165, 1.54) is 17.7 Å². The smallest absolute Gasteiger partial charge is 0.256 e. The van der Waals surface area contributed by atoms with Crippen molar-refractivity contribution in [2.75, 3.05) is 25.5 Å². The number of piperidine rings is 1. The first-order valence-electron chi connectivity index (χ1n) is 12.1. The predicted octanol–water partition coefficient (Wildman–Crippen LogP) is 4.14. The molecule has 1 aromatic carbocycles. The second kappa shape index (κ2) is 9.56. The van der Waals surface area contributed by atoms with Gasteiger partial charge in [-0.15, -0.1) is 5.10 Å². The van der Waals surface area contributed by atoms with Crippen LogP contribution in [0.15, 0.2) is 24.4 Å². The van der Waals surface area contributed by atoms with E-state index in [0.29, 0.717) is 41.5 Å². The Balaban J connectivity index is 1.52. The highest BCUT2D eigenvalue weighted by molar-refractivity contribution is 5.90. The van der Waals surface area contributed by atoms with Gasteiger partial charge in [0.1, 0.15) is 16.9 Å². The van der Waals surface area contributed by atoms with Crippen molar-refractivity contribution in [1.82, 2.24) is 29.0 Å². The summed E-state index contributed by atoms with van der Waals surface area (Å²) in [5.74, 6) is 0.613. The lowest BCUT2D eigenvalue weighted by atomic mass is 9.94. The van der Waals surface area contributed by atoms with Crippen molar-refractivity contribution in [3.05, 3.63) is 36.0 Å². The molecule has 0 spiro atoms. The highest BCUT2D eigenvalue weighted by Gasteiger charge is 2.28. The largest absolute Gasteiger partial charge is 0.479 e. The molecule has 9 nitrogen and oxygen atoms in total. The lowest BCUT2D eigenvalue weighted by molar-refractivity contribution is -0.130. The SMILES string of the molecule is COc1nc(N[C@H]2CCN(C(C)=O)C[C@H]2C)nn2ccc(-c3cc(F)c4nc(C)n(CC(F)F)c4c3)c12. The van der Waals surface area contributed by atoms with E-state index in [1.807, 2.05) is 4.90 Å². The lowest BCUT2D eigenvalue weighted by Crippen LogP contribution is -2.47. The number of aromatic nitrogens is 5.